The molecule has 1 aromatic carbocycles. The lowest BCUT2D eigenvalue weighted by molar-refractivity contribution is -0.129. The number of furan rings is 1. The molecule has 0 aliphatic carbocycles. The summed E-state index contributed by atoms with van der Waals surface area (Å²) in [6, 6.07) is 7.81. The standard InChI is InChI=1S/C16H19ClN2O5S/c1-12(20)19(11-14-4-3-9-24-14)8-7-18-25(21,22)16-10-13(17)5-6-15(16)23-2/h3-6,9-10,18H,7-8,11H2,1-2H3. The predicted octanol–water partition coefficient (Wildman–Crippen LogP) is 2.27. The number of nitrogens with one attached hydrogen (secondary N) is 1. The second-order valence-corrected chi connectivity index (χ2v) is 7.38. The van der Waals surface area contributed by atoms with Crippen LogP contribution in [0.3, 0.4) is 0 Å². The molecule has 0 radical (unpaired) electrons. The number of hydrogen-bond donors (Lipinski definition) is 1. The highest BCUT2D eigenvalue weighted by Crippen LogP contribution is 2.26. The van der Waals surface area contributed by atoms with Gasteiger partial charge in [-0.25, -0.2) is 13.1 Å². The summed E-state index contributed by atoms with van der Waals surface area (Å²) in [5.41, 5.74) is 0. The van der Waals surface area contributed by atoms with Gasteiger partial charge in [-0.2, -0.15) is 0 Å². The van der Waals surface area contributed by atoms with Gasteiger partial charge in [0, 0.05) is 25.0 Å². The van der Waals surface area contributed by atoms with Gasteiger partial charge in [-0.15, -0.1) is 0 Å². The van der Waals surface area contributed by atoms with Crippen molar-refractivity contribution in [1.82, 2.24) is 9.62 Å². The SMILES string of the molecule is COc1ccc(Cl)cc1S(=O)(=O)NCCN(Cc1ccco1)C(C)=O. The summed E-state index contributed by atoms with van der Waals surface area (Å²) in [5.74, 6) is 0.626. The van der Waals surface area contributed by atoms with Gasteiger partial charge in [-0.1, -0.05) is 11.6 Å². The van der Waals surface area contributed by atoms with Crippen LogP contribution in [0.1, 0.15) is 12.7 Å². The van der Waals surface area contributed by atoms with Gasteiger partial charge in [-0.05, 0) is 30.3 Å². The number of sulfonamides is 1. The molecule has 1 aromatic heterocycles. The lowest BCUT2D eigenvalue weighted by Crippen LogP contribution is -2.37. The van der Waals surface area contributed by atoms with Crippen molar-refractivity contribution >= 4 is 27.5 Å². The molecule has 9 heteroatoms. The molecular weight excluding hydrogens is 368 g/mol. The Balaban J connectivity index is 2.03. The number of carbonyl (C=O) groups excluding carboxylic acids is 1. The van der Waals surface area contributed by atoms with E-state index in [4.69, 9.17) is 20.8 Å². The van der Waals surface area contributed by atoms with Crippen molar-refractivity contribution in [2.45, 2.75) is 18.4 Å². The molecule has 0 aliphatic rings. The van der Waals surface area contributed by atoms with E-state index < -0.39 is 10.0 Å². The zero-order chi connectivity index (χ0) is 18.4. The summed E-state index contributed by atoms with van der Waals surface area (Å²) in [6.07, 6.45) is 1.52. The Morgan fingerprint density at radius 2 is 2.12 bits per heavy atom. The second-order valence-electron chi connectivity index (χ2n) is 5.21. The first-order chi connectivity index (χ1) is 11.8. The van der Waals surface area contributed by atoms with E-state index in [0.29, 0.717) is 5.76 Å². The van der Waals surface area contributed by atoms with Crippen molar-refractivity contribution < 1.29 is 22.4 Å². The van der Waals surface area contributed by atoms with Gasteiger partial charge in [0.05, 0.1) is 19.9 Å². The molecule has 0 atom stereocenters. The molecule has 1 N–H and O–H groups in total. The number of halogens is 1. The first-order valence-electron chi connectivity index (χ1n) is 7.44. The summed E-state index contributed by atoms with van der Waals surface area (Å²) in [4.78, 5) is 13.1. The maximum atomic E-state index is 12.5. The zero-order valence-electron chi connectivity index (χ0n) is 13.9. The summed E-state index contributed by atoms with van der Waals surface area (Å²) < 4.78 is 37.7. The van der Waals surface area contributed by atoms with E-state index in [1.54, 1.807) is 18.2 Å². The number of ether oxygens (including phenoxy) is 1. The smallest absolute Gasteiger partial charge is 0.244 e. The van der Waals surface area contributed by atoms with Gasteiger partial charge >= 0.3 is 0 Å². The molecule has 25 heavy (non-hydrogen) atoms. The Morgan fingerprint density at radius 3 is 2.72 bits per heavy atom. The highest BCUT2D eigenvalue weighted by molar-refractivity contribution is 7.89. The van der Waals surface area contributed by atoms with Crippen LogP contribution in [-0.4, -0.2) is 39.4 Å². The summed E-state index contributed by atoms with van der Waals surface area (Å²) in [7, 11) is -2.45. The summed E-state index contributed by atoms with van der Waals surface area (Å²) in [5, 5.41) is 0.282. The van der Waals surface area contributed by atoms with Gasteiger partial charge in [0.15, 0.2) is 0 Å². The Kier molecular flexibility index (Phi) is 6.46. The fourth-order valence-corrected chi connectivity index (χ4v) is 3.64. The quantitative estimate of drug-likeness (QED) is 0.751. The third-order valence-corrected chi connectivity index (χ3v) is 5.18. The highest BCUT2D eigenvalue weighted by atomic mass is 35.5. The van der Waals surface area contributed by atoms with Crippen molar-refractivity contribution in [1.29, 1.82) is 0 Å². The third-order valence-electron chi connectivity index (χ3n) is 3.46. The Labute approximate surface area is 151 Å². The van der Waals surface area contributed by atoms with Crippen molar-refractivity contribution in [3.8, 4) is 5.75 Å². The minimum atomic E-state index is -3.83. The van der Waals surface area contributed by atoms with Crippen LogP contribution in [0.2, 0.25) is 5.02 Å². The molecule has 0 saturated heterocycles. The Bertz CT molecular complexity index is 821. The van der Waals surface area contributed by atoms with Crippen molar-refractivity contribution in [2.75, 3.05) is 20.2 Å². The fraction of sp³-hybridized carbons (Fsp3) is 0.312. The number of amides is 1. The van der Waals surface area contributed by atoms with Crippen LogP contribution in [0.4, 0.5) is 0 Å². The summed E-state index contributed by atoms with van der Waals surface area (Å²) in [6.45, 7) is 1.92. The largest absolute Gasteiger partial charge is 0.495 e. The average Bonchev–Trinajstić information content (AvgIpc) is 3.06. The molecule has 1 amide bonds. The van der Waals surface area contributed by atoms with Crippen LogP contribution < -0.4 is 9.46 Å². The molecule has 0 spiro atoms. The van der Waals surface area contributed by atoms with E-state index in [1.807, 2.05) is 0 Å². The second kappa shape index (κ2) is 8.37. The van der Waals surface area contributed by atoms with Gasteiger partial charge < -0.3 is 14.1 Å². The molecule has 0 bridgehead atoms. The first kappa shape index (κ1) is 19.3. The molecule has 0 aliphatic heterocycles. The van der Waals surface area contributed by atoms with E-state index in [9.17, 15) is 13.2 Å². The minimum Gasteiger partial charge on any atom is -0.495 e. The van der Waals surface area contributed by atoms with Crippen LogP contribution in [0.15, 0.2) is 45.9 Å². The minimum absolute atomic E-state index is 0.0400. The van der Waals surface area contributed by atoms with Crippen LogP contribution in [0.5, 0.6) is 5.75 Å². The summed E-state index contributed by atoms with van der Waals surface area (Å²) >= 11 is 5.87. The van der Waals surface area contributed by atoms with Gasteiger partial charge in [0.25, 0.3) is 0 Å². The van der Waals surface area contributed by atoms with Gasteiger partial charge in [0.2, 0.25) is 15.9 Å². The van der Waals surface area contributed by atoms with Crippen molar-refractivity contribution in [3.63, 3.8) is 0 Å². The molecule has 0 unspecified atom stereocenters. The maximum Gasteiger partial charge on any atom is 0.244 e. The zero-order valence-corrected chi connectivity index (χ0v) is 15.4. The molecule has 2 aromatic rings. The van der Waals surface area contributed by atoms with E-state index in [0.717, 1.165) is 0 Å². The molecule has 0 saturated carbocycles. The van der Waals surface area contributed by atoms with Crippen LogP contribution in [0.25, 0.3) is 0 Å². The Hall–Kier alpha value is -2.03. The van der Waals surface area contributed by atoms with Gasteiger partial charge in [-0.3, -0.25) is 4.79 Å². The monoisotopic (exact) mass is 386 g/mol. The Morgan fingerprint density at radius 1 is 1.36 bits per heavy atom. The van der Waals surface area contributed by atoms with Crippen molar-refractivity contribution in [2.24, 2.45) is 0 Å². The number of hydrogen-bond acceptors (Lipinski definition) is 5. The number of carbonyl (C=O) groups is 1. The molecule has 1 heterocycles. The van der Waals surface area contributed by atoms with E-state index in [2.05, 4.69) is 4.72 Å². The number of benzene rings is 1. The van der Waals surface area contributed by atoms with E-state index >= 15 is 0 Å². The average molecular weight is 387 g/mol. The van der Waals surface area contributed by atoms with E-state index in [-0.39, 0.29) is 41.2 Å². The van der Waals surface area contributed by atoms with Crippen LogP contribution >= 0.6 is 11.6 Å². The number of methoxy groups -OCH3 is 1. The van der Waals surface area contributed by atoms with Crippen LogP contribution in [0, 0.1) is 0 Å². The topological polar surface area (TPSA) is 88.8 Å². The molecule has 2 rings (SSSR count). The fourth-order valence-electron chi connectivity index (χ4n) is 2.19. The van der Waals surface area contributed by atoms with Gasteiger partial charge in [0.1, 0.15) is 16.4 Å². The van der Waals surface area contributed by atoms with Crippen molar-refractivity contribution in [3.05, 3.63) is 47.4 Å². The first-order valence-corrected chi connectivity index (χ1v) is 9.30. The molecule has 136 valence electrons. The lowest BCUT2D eigenvalue weighted by atomic mass is 10.3. The normalized spacial score (nSPS) is 11.3. The maximum absolute atomic E-state index is 12.5. The van der Waals surface area contributed by atoms with E-state index in [1.165, 1.54) is 37.3 Å². The number of nitrogens with zero attached hydrogens (tertiary/aromatic N) is 1. The third kappa shape index (κ3) is 5.22. The lowest BCUT2D eigenvalue weighted by Gasteiger charge is -2.20. The number of rotatable bonds is 8. The highest BCUT2D eigenvalue weighted by Gasteiger charge is 2.20. The molecule has 7 nitrogen and oxygen atoms in total. The predicted molar refractivity (Wildman–Crippen MR) is 93.0 cm³/mol. The molecular formula is C16H19ClN2O5S. The van der Waals surface area contributed by atoms with Crippen LogP contribution in [-0.2, 0) is 21.4 Å². The molecule has 0 fully saturated rings.